The van der Waals surface area contributed by atoms with Crippen molar-refractivity contribution in [3.05, 3.63) is 54.1 Å². The van der Waals surface area contributed by atoms with E-state index in [1.165, 1.54) is 12.1 Å². The van der Waals surface area contributed by atoms with Gasteiger partial charge in [-0.1, -0.05) is 36.4 Å². The molecule has 2 rings (SSSR count). The zero-order valence-electron chi connectivity index (χ0n) is 9.28. The number of hydrogen-bond acceptors (Lipinski definition) is 3. The van der Waals surface area contributed by atoms with Crippen LogP contribution in [0.25, 0.3) is 11.1 Å². The van der Waals surface area contributed by atoms with E-state index in [4.69, 9.17) is 4.55 Å². The molecule has 0 bridgehead atoms. The predicted molar refractivity (Wildman–Crippen MR) is 67.1 cm³/mol. The van der Waals surface area contributed by atoms with Gasteiger partial charge in [0, 0.05) is 5.56 Å². The van der Waals surface area contributed by atoms with Crippen molar-refractivity contribution >= 4 is 16.4 Å². The molecule has 2 aromatic carbocycles. The number of benzene rings is 2. The lowest BCUT2D eigenvalue weighted by Crippen LogP contribution is -1.97. The molecule has 5 heteroatoms. The van der Waals surface area contributed by atoms with Gasteiger partial charge in [-0.15, -0.1) is 0 Å². The fourth-order valence-corrected chi connectivity index (χ4v) is 2.05. The van der Waals surface area contributed by atoms with Gasteiger partial charge in [-0.05, 0) is 23.3 Å². The van der Waals surface area contributed by atoms with Gasteiger partial charge in [0.2, 0.25) is 0 Å². The highest BCUT2D eigenvalue weighted by Gasteiger charge is 2.08. The summed E-state index contributed by atoms with van der Waals surface area (Å²) >= 11 is 0. The van der Waals surface area contributed by atoms with Crippen molar-refractivity contribution < 1.29 is 17.8 Å². The van der Waals surface area contributed by atoms with E-state index in [-0.39, 0.29) is 4.90 Å². The van der Waals surface area contributed by atoms with Crippen LogP contribution in [-0.2, 0) is 10.1 Å². The highest BCUT2D eigenvalue weighted by molar-refractivity contribution is 7.85. The van der Waals surface area contributed by atoms with E-state index in [9.17, 15) is 13.2 Å². The monoisotopic (exact) mass is 262 g/mol. The first-order valence-corrected chi connectivity index (χ1v) is 6.58. The van der Waals surface area contributed by atoms with Gasteiger partial charge >= 0.3 is 0 Å². The van der Waals surface area contributed by atoms with Crippen molar-refractivity contribution in [2.75, 3.05) is 0 Å². The zero-order chi connectivity index (χ0) is 13.2. The van der Waals surface area contributed by atoms with Crippen LogP contribution in [0.3, 0.4) is 0 Å². The summed E-state index contributed by atoms with van der Waals surface area (Å²) in [6, 6.07) is 12.8. The summed E-state index contributed by atoms with van der Waals surface area (Å²) in [5.74, 6) is 0. The molecule has 0 aromatic heterocycles. The minimum absolute atomic E-state index is 0.143. The van der Waals surface area contributed by atoms with Crippen molar-refractivity contribution in [3.63, 3.8) is 0 Å². The Bertz CT molecular complexity index is 655. The maximum Gasteiger partial charge on any atom is 0.294 e. The summed E-state index contributed by atoms with van der Waals surface area (Å²) in [6.45, 7) is 0. The van der Waals surface area contributed by atoms with Crippen molar-refractivity contribution in [3.8, 4) is 11.1 Å². The average molecular weight is 262 g/mol. The van der Waals surface area contributed by atoms with Crippen molar-refractivity contribution in [2.45, 2.75) is 4.90 Å². The van der Waals surface area contributed by atoms with Crippen LogP contribution in [0.4, 0.5) is 0 Å². The van der Waals surface area contributed by atoms with E-state index in [0.717, 1.165) is 17.4 Å². The van der Waals surface area contributed by atoms with E-state index in [1.54, 1.807) is 36.4 Å². The molecule has 0 spiro atoms. The maximum atomic E-state index is 10.9. The smallest absolute Gasteiger partial charge is 0.294 e. The summed E-state index contributed by atoms with van der Waals surface area (Å²) in [5.41, 5.74) is 2.25. The molecule has 4 nitrogen and oxygen atoms in total. The summed E-state index contributed by atoms with van der Waals surface area (Å²) in [6.07, 6.45) is 0.755. The fourth-order valence-electron chi connectivity index (χ4n) is 1.57. The van der Waals surface area contributed by atoms with Crippen LogP contribution in [0, 0.1) is 0 Å². The molecular weight excluding hydrogens is 252 g/mol. The van der Waals surface area contributed by atoms with Gasteiger partial charge in [0.25, 0.3) is 10.1 Å². The molecule has 0 radical (unpaired) electrons. The molecule has 0 amide bonds. The SMILES string of the molecule is O=Cc1ccc(-c2ccc(S(=O)(=O)O)cc2)cc1. The fraction of sp³-hybridized carbons (Fsp3) is 0. The molecule has 0 unspecified atom stereocenters. The molecule has 0 aliphatic rings. The van der Waals surface area contributed by atoms with Gasteiger partial charge in [-0.2, -0.15) is 8.42 Å². The Kier molecular flexibility index (Phi) is 3.27. The molecule has 0 atom stereocenters. The first-order chi connectivity index (χ1) is 8.50. The first-order valence-electron chi connectivity index (χ1n) is 5.14. The Morgan fingerprint density at radius 1 is 0.833 bits per heavy atom. The second kappa shape index (κ2) is 4.72. The minimum Gasteiger partial charge on any atom is -0.298 e. The number of hydrogen-bond donors (Lipinski definition) is 1. The molecule has 0 saturated heterocycles. The molecule has 0 heterocycles. The maximum absolute atomic E-state index is 10.9. The molecule has 18 heavy (non-hydrogen) atoms. The Morgan fingerprint density at radius 3 is 1.67 bits per heavy atom. The van der Waals surface area contributed by atoms with Crippen LogP contribution in [-0.4, -0.2) is 19.3 Å². The second-order valence-corrected chi connectivity index (χ2v) is 5.16. The molecule has 2 aromatic rings. The molecule has 1 N–H and O–H groups in total. The van der Waals surface area contributed by atoms with Crippen molar-refractivity contribution in [1.29, 1.82) is 0 Å². The number of carbonyl (C=O) groups is 1. The van der Waals surface area contributed by atoms with Gasteiger partial charge in [-0.25, -0.2) is 0 Å². The normalized spacial score (nSPS) is 11.2. The third kappa shape index (κ3) is 2.64. The van der Waals surface area contributed by atoms with Crippen LogP contribution in [0.2, 0.25) is 0 Å². The van der Waals surface area contributed by atoms with Crippen molar-refractivity contribution in [2.24, 2.45) is 0 Å². The van der Waals surface area contributed by atoms with Crippen LogP contribution in [0.15, 0.2) is 53.4 Å². The summed E-state index contributed by atoms with van der Waals surface area (Å²) in [7, 11) is -4.16. The van der Waals surface area contributed by atoms with Gasteiger partial charge in [0.15, 0.2) is 0 Å². The molecular formula is C13H10O4S. The van der Waals surface area contributed by atoms with Crippen molar-refractivity contribution in [1.82, 2.24) is 0 Å². The molecule has 0 fully saturated rings. The van der Waals surface area contributed by atoms with E-state index in [2.05, 4.69) is 0 Å². The Hall–Kier alpha value is -1.98. The third-order valence-electron chi connectivity index (χ3n) is 2.53. The van der Waals surface area contributed by atoms with E-state index < -0.39 is 10.1 Å². The molecule has 0 aliphatic heterocycles. The highest BCUT2D eigenvalue weighted by Crippen LogP contribution is 2.21. The Labute approximate surface area is 105 Å². The molecule has 0 saturated carbocycles. The van der Waals surface area contributed by atoms with Crippen LogP contribution >= 0.6 is 0 Å². The Balaban J connectivity index is 2.37. The number of rotatable bonds is 3. The summed E-state index contributed by atoms with van der Waals surface area (Å²) in [5, 5.41) is 0. The summed E-state index contributed by atoms with van der Waals surface area (Å²) in [4.78, 5) is 10.4. The number of aldehydes is 1. The lowest BCUT2D eigenvalue weighted by molar-refractivity contribution is 0.112. The first kappa shape index (κ1) is 12.5. The minimum atomic E-state index is -4.16. The van der Waals surface area contributed by atoms with Crippen LogP contribution in [0.5, 0.6) is 0 Å². The van der Waals surface area contributed by atoms with E-state index in [1.807, 2.05) is 0 Å². The lowest BCUT2D eigenvalue weighted by Gasteiger charge is -2.03. The second-order valence-electron chi connectivity index (χ2n) is 3.74. The summed E-state index contributed by atoms with van der Waals surface area (Å²) < 4.78 is 30.6. The van der Waals surface area contributed by atoms with Gasteiger partial charge in [0.1, 0.15) is 6.29 Å². The zero-order valence-corrected chi connectivity index (χ0v) is 10.1. The third-order valence-corrected chi connectivity index (χ3v) is 3.40. The quantitative estimate of drug-likeness (QED) is 0.681. The molecule has 92 valence electrons. The largest absolute Gasteiger partial charge is 0.298 e. The van der Waals surface area contributed by atoms with Crippen LogP contribution < -0.4 is 0 Å². The topological polar surface area (TPSA) is 71.4 Å². The van der Waals surface area contributed by atoms with E-state index in [0.29, 0.717) is 5.56 Å². The van der Waals surface area contributed by atoms with Gasteiger partial charge in [0.05, 0.1) is 4.90 Å². The average Bonchev–Trinajstić information content (AvgIpc) is 2.38. The molecule has 0 aliphatic carbocycles. The van der Waals surface area contributed by atoms with Gasteiger partial charge < -0.3 is 0 Å². The standard InChI is InChI=1S/C13H10O4S/c14-9-10-1-3-11(4-2-10)12-5-7-13(8-6-12)18(15,16)17/h1-9H,(H,15,16,17). The number of carbonyl (C=O) groups excluding carboxylic acids is 1. The van der Waals surface area contributed by atoms with E-state index >= 15 is 0 Å². The lowest BCUT2D eigenvalue weighted by atomic mass is 10.0. The van der Waals surface area contributed by atoms with Crippen LogP contribution in [0.1, 0.15) is 10.4 Å². The Morgan fingerprint density at radius 2 is 1.28 bits per heavy atom. The van der Waals surface area contributed by atoms with Gasteiger partial charge in [-0.3, -0.25) is 9.35 Å². The predicted octanol–water partition coefficient (Wildman–Crippen LogP) is 2.41. The highest BCUT2D eigenvalue weighted by atomic mass is 32.2.